The first-order valence-electron chi connectivity index (χ1n) is 11.1. The number of hydrogen-bond acceptors (Lipinski definition) is 9. The normalized spacial score (nSPS) is 19.6. The van der Waals surface area contributed by atoms with Gasteiger partial charge in [-0.05, 0) is 17.0 Å². The van der Waals surface area contributed by atoms with Crippen molar-refractivity contribution in [2.75, 3.05) is 30.3 Å². The zero-order chi connectivity index (χ0) is 24.4. The number of benzene rings is 1. The van der Waals surface area contributed by atoms with Gasteiger partial charge in [0.05, 0.1) is 35.4 Å². The molecule has 11 heteroatoms. The predicted molar refractivity (Wildman–Crippen MR) is 128 cm³/mol. The summed E-state index contributed by atoms with van der Waals surface area (Å²) in [6.45, 7) is 3.73. The van der Waals surface area contributed by atoms with Gasteiger partial charge in [-0.1, -0.05) is 6.92 Å². The van der Waals surface area contributed by atoms with Crippen molar-refractivity contribution in [1.82, 2.24) is 15.0 Å². The van der Waals surface area contributed by atoms with Gasteiger partial charge in [-0.2, -0.15) is 5.26 Å². The van der Waals surface area contributed by atoms with Crippen LogP contribution < -0.4 is 10.6 Å². The van der Waals surface area contributed by atoms with Crippen LogP contribution in [0.3, 0.4) is 0 Å². The van der Waals surface area contributed by atoms with E-state index < -0.39 is 11.6 Å². The molecule has 0 bridgehead atoms. The lowest BCUT2D eigenvalue weighted by Crippen LogP contribution is -2.23. The van der Waals surface area contributed by atoms with Crippen molar-refractivity contribution >= 4 is 43.3 Å². The van der Waals surface area contributed by atoms with E-state index >= 15 is 4.39 Å². The predicted octanol–water partition coefficient (Wildman–Crippen LogP) is 3.73. The maximum absolute atomic E-state index is 16.3. The Kier molecular flexibility index (Phi) is 5.07. The molecule has 3 N–H and O–H groups in total. The summed E-state index contributed by atoms with van der Waals surface area (Å²) < 4.78 is 36.7. The molecule has 0 aliphatic carbocycles. The van der Waals surface area contributed by atoms with Gasteiger partial charge in [-0.15, -0.1) is 11.3 Å². The van der Waals surface area contributed by atoms with Crippen molar-refractivity contribution in [3.8, 4) is 17.3 Å². The van der Waals surface area contributed by atoms with Gasteiger partial charge >= 0.3 is 0 Å². The Labute approximate surface area is 202 Å². The SMILES string of the molecule is CC1CN(c2ncc3c4c(c(-c5ncc(F)c6sc(N)c(C#N)c56)c(F)c3n2)COC4)CC1CO. The molecule has 0 radical (unpaired) electrons. The topological polar surface area (TPSA) is 121 Å². The van der Waals surface area contributed by atoms with E-state index in [1.807, 2.05) is 11.0 Å². The first kappa shape index (κ1) is 22.0. The van der Waals surface area contributed by atoms with Crippen molar-refractivity contribution in [1.29, 1.82) is 5.26 Å². The molecule has 35 heavy (non-hydrogen) atoms. The molecule has 0 saturated carbocycles. The summed E-state index contributed by atoms with van der Waals surface area (Å²) in [4.78, 5) is 15.2. The maximum Gasteiger partial charge on any atom is 0.225 e. The molecule has 2 aliphatic rings. The van der Waals surface area contributed by atoms with Crippen molar-refractivity contribution in [2.24, 2.45) is 11.8 Å². The molecule has 1 saturated heterocycles. The van der Waals surface area contributed by atoms with Gasteiger partial charge in [-0.3, -0.25) is 4.98 Å². The summed E-state index contributed by atoms with van der Waals surface area (Å²) in [6.07, 6.45) is 2.62. The van der Waals surface area contributed by atoms with Crippen molar-refractivity contribution in [3.05, 3.63) is 40.7 Å². The van der Waals surface area contributed by atoms with Gasteiger partial charge < -0.3 is 20.5 Å². The highest BCUT2D eigenvalue weighted by Crippen LogP contribution is 2.45. The highest BCUT2D eigenvalue weighted by Gasteiger charge is 2.33. The molecule has 1 aromatic carbocycles. The zero-order valence-electron chi connectivity index (χ0n) is 18.7. The molecular formula is C24H20F2N6O2S. The van der Waals surface area contributed by atoms with E-state index in [2.05, 4.69) is 21.9 Å². The van der Waals surface area contributed by atoms with E-state index in [1.54, 1.807) is 6.20 Å². The van der Waals surface area contributed by atoms with Gasteiger partial charge in [0.1, 0.15) is 16.6 Å². The molecule has 178 valence electrons. The number of thiophene rings is 1. The fraction of sp³-hybridized carbons (Fsp3) is 0.333. The number of hydrogen-bond donors (Lipinski definition) is 2. The summed E-state index contributed by atoms with van der Waals surface area (Å²) in [5.41, 5.74) is 7.76. The quantitative estimate of drug-likeness (QED) is 0.442. The van der Waals surface area contributed by atoms with Crippen LogP contribution in [0.5, 0.6) is 0 Å². The number of aromatic nitrogens is 3. The van der Waals surface area contributed by atoms with Crippen LogP contribution in [-0.4, -0.2) is 39.8 Å². The number of fused-ring (bicyclic) bond motifs is 4. The van der Waals surface area contributed by atoms with Crippen molar-refractivity contribution < 1.29 is 18.6 Å². The number of ether oxygens (including phenoxy) is 1. The molecule has 4 aromatic rings. The molecule has 6 rings (SSSR count). The standard InChI is InChI=1S/C24H20F2N6O2S/c1-10-5-32(6-11(10)7-33)24-30-3-13-14-8-34-9-15(14)17(19(26)20(13)31-24)21-18-12(2-27)23(28)35-22(18)16(25)4-29-21/h3-4,10-11,33H,5-9,28H2,1H3. The second kappa shape index (κ2) is 8.05. The highest BCUT2D eigenvalue weighted by molar-refractivity contribution is 7.23. The molecule has 2 atom stereocenters. The zero-order valence-corrected chi connectivity index (χ0v) is 19.5. The maximum atomic E-state index is 16.3. The third-order valence-electron chi connectivity index (χ3n) is 7.02. The summed E-state index contributed by atoms with van der Waals surface area (Å²) in [5.74, 6) is -0.541. The number of halogens is 2. The smallest absolute Gasteiger partial charge is 0.225 e. The second-order valence-corrected chi connectivity index (χ2v) is 10.1. The first-order valence-corrected chi connectivity index (χ1v) is 11.9. The Balaban J connectivity index is 1.62. The molecule has 8 nitrogen and oxygen atoms in total. The lowest BCUT2D eigenvalue weighted by atomic mass is 9.94. The first-order chi connectivity index (χ1) is 16.9. The van der Waals surface area contributed by atoms with E-state index in [-0.39, 0.29) is 69.1 Å². The number of rotatable bonds is 3. The molecule has 2 aliphatic heterocycles. The largest absolute Gasteiger partial charge is 0.396 e. The molecule has 5 heterocycles. The minimum absolute atomic E-state index is 0.0613. The molecule has 2 unspecified atom stereocenters. The van der Waals surface area contributed by atoms with Crippen LogP contribution in [0.4, 0.5) is 19.7 Å². The highest BCUT2D eigenvalue weighted by atomic mass is 32.1. The molecular weight excluding hydrogens is 474 g/mol. The van der Waals surface area contributed by atoms with Crippen molar-refractivity contribution in [2.45, 2.75) is 20.1 Å². The number of nitrogens with two attached hydrogens (primary N) is 1. The average Bonchev–Trinajstić information content (AvgIpc) is 3.57. The number of nitrogen functional groups attached to an aromatic ring is 1. The van der Waals surface area contributed by atoms with Crippen LogP contribution in [-0.2, 0) is 18.0 Å². The minimum Gasteiger partial charge on any atom is -0.396 e. The Bertz CT molecular complexity index is 1570. The van der Waals surface area contributed by atoms with Gasteiger partial charge in [0.2, 0.25) is 5.95 Å². The van der Waals surface area contributed by atoms with Crippen LogP contribution in [0.15, 0.2) is 12.4 Å². The second-order valence-electron chi connectivity index (χ2n) is 9.01. The van der Waals surface area contributed by atoms with Crippen LogP contribution in [0.25, 0.3) is 32.2 Å². The molecule has 3 aromatic heterocycles. The van der Waals surface area contributed by atoms with Crippen LogP contribution in [0, 0.1) is 34.8 Å². The summed E-state index contributed by atoms with van der Waals surface area (Å²) >= 11 is 0.937. The fourth-order valence-corrected chi connectivity index (χ4v) is 6.05. The third kappa shape index (κ3) is 3.17. The van der Waals surface area contributed by atoms with Crippen LogP contribution in [0.1, 0.15) is 23.6 Å². The molecule has 0 spiro atoms. The Morgan fingerprint density at radius 1 is 1.26 bits per heavy atom. The molecule has 1 fully saturated rings. The summed E-state index contributed by atoms with van der Waals surface area (Å²) in [5, 5.41) is 20.2. The van der Waals surface area contributed by atoms with Crippen molar-refractivity contribution in [3.63, 3.8) is 0 Å². The lowest BCUT2D eigenvalue weighted by molar-refractivity contribution is 0.135. The van der Waals surface area contributed by atoms with E-state index in [0.717, 1.165) is 23.1 Å². The Hall–Kier alpha value is -3.46. The van der Waals surface area contributed by atoms with E-state index in [9.17, 15) is 14.8 Å². The number of aliphatic hydroxyl groups is 1. The van der Waals surface area contributed by atoms with Gasteiger partial charge in [0.25, 0.3) is 0 Å². The van der Waals surface area contributed by atoms with E-state index in [1.165, 1.54) is 0 Å². The summed E-state index contributed by atoms with van der Waals surface area (Å²) in [6, 6.07) is 2.01. The van der Waals surface area contributed by atoms with Crippen LogP contribution in [0.2, 0.25) is 0 Å². The molecule has 0 amide bonds. The van der Waals surface area contributed by atoms with Crippen LogP contribution >= 0.6 is 11.3 Å². The van der Waals surface area contributed by atoms with Gasteiger partial charge in [0, 0.05) is 48.1 Å². The van der Waals surface area contributed by atoms with E-state index in [4.69, 9.17) is 10.5 Å². The monoisotopic (exact) mass is 494 g/mol. The Morgan fingerprint density at radius 3 is 2.80 bits per heavy atom. The number of pyridine rings is 1. The minimum atomic E-state index is -0.632. The number of anilines is 2. The number of aliphatic hydroxyl groups excluding tert-OH is 1. The number of nitrogens with zero attached hydrogens (tertiary/aromatic N) is 5. The lowest BCUT2D eigenvalue weighted by Gasteiger charge is -2.18. The van der Waals surface area contributed by atoms with Gasteiger partial charge in [0.15, 0.2) is 11.6 Å². The summed E-state index contributed by atoms with van der Waals surface area (Å²) in [7, 11) is 0. The Morgan fingerprint density at radius 2 is 2.06 bits per heavy atom. The van der Waals surface area contributed by atoms with Gasteiger partial charge in [-0.25, -0.2) is 18.7 Å². The third-order valence-corrected chi connectivity index (χ3v) is 8.04. The van der Waals surface area contributed by atoms with E-state index in [0.29, 0.717) is 30.0 Å². The average molecular weight is 495 g/mol. The number of nitriles is 1. The fourth-order valence-electron chi connectivity index (χ4n) is 5.13.